The summed E-state index contributed by atoms with van der Waals surface area (Å²) in [5, 5.41) is 5.91. The molecule has 2 aromatic rings. The molecule has 0 spiro atoms. The van der Waals surface area contributed by atoms with Crippen LogP contribution in [0.3, 0.4) is 0 Å². The first-order chi connectivity index (χ1) is 12.6. The normalized spacial score (nSPS) is 13.0. The molecule has 134 valence electrons. The topological polar surface area (TPSA) is 78.5 Å². The Balaban J connectivity index is 1.74. The summed E-state index contributed by atoms with van der Waals surface area (Å²) < 4.78 is 0. The zero-order valence-electron chi connectivity index (χ0n) is 14.6. The summed E-state index contributed by atoms with van der Waals surface area (Å²) >= 11 is 0. The second kappa shape index (κ2) is 7.93. The number of likely N-dealkylation sites (N-methyl/N-ethyl adjacent to an activating group) is 1. The van der Waals surface area contributed by atoms with Gasteiger partial charge in [0.1, 0.15) is 0 Å². The van der Waals surface area contributed by atoms with Crippen LogP contribution >= 0.6 is 0 Å². The lowest BCUT2D eigenvalue weighted by molar-refractivity contribution is 0.0642. The van der Waals surface area contributed by atoms with Gasteiger partial charge in [-0.1, -0.05) is 37.3 Å². The van der Waals surface area contributed by atoms with Crippen molar-refractivity contribution in [2.75, 3.05) is 19.6 Å². The molecule has 0 aromatic heterocycles. The molecule has 2 aromatic carbocycles. The second-order valence-corrected chi connectivity index (χ2v) is 6.05. The fourth-order valence-corrected chi connectivity index (χ4v) is 2.88. The first kappa shape index (κ1) is 17.8. The minimum absolute atomic E-state index is 0.220. The third-order valence-electron chi connectivity index (χ3n) is 4.25. The number of rotatable bonds is 7. The van der Waals surface area contributed by atoms with E-state index >= 15 is 0 Å². The van der Waals surface area contributed by atoms with Crippen LogP contribution < -0.4 is 10.6 Å². The molecule has 3 amide bonds. The molecule has 1 aliphatic rings. The van der Waals surface area contributed by atoms with Crippen molar-refractivity contribution in [3.05, 3.63) is 70.8 Å². The maximum atomic E-state index is 12.6. The van der Waals surface area contributed by atoms with Crippen LogP contribution in [-0.4, -0.2) is 42.3 Å². The van der Waals surface area contributed by atoms with Crippen molar-refractivity contribution in [2.45, 2.75) is 13.5 Å². The van der Waals surface area contributed by atoms with E-state index in [2.05, 4.69) is 10.6 Å². The number of benzene rings is 2. The molecule has 1 heterocycles. The van der Waals surface area contributed by atoms with Gasteiger partial charge in [0.2, 0.25) is 0 Å². The van der Waals surface area contributed by atoms with E-state index in [-0.39, 0.29) is 29.8 Å². The van der Waals surface area contributed by atoms with Gasteiger partial charge in [0.05, 0.1) is 17.7 Å². The second-order valence-electron chi connectivity index (χ2n) is 6.05. The van der Waals surface area contributed by atoms with Crippen LogP contribution in [0.1, 0.15) is 43.6 Å². The Labute approximate surface area is 152 Å². The molecular weight excluding hydrogens is 330 g/mol. The Bertz CT molecular complexity index is 833. The van der Waals surface area contributed by atoms with Crippen LogP contribution in [-0.2, 0) is 6.54 Å². The summed E-state index contributed by atoms with van der Waals surface area (Å²) in [5.41, 5.74) is 1.88. The molecule has 0 aliphatic carbocycles. The van der Waals surface area contributed by atoms with Crippen molar-refractivity contribution in [1.29, 1.82) is 0 Å². The molecule has 6 nitrogen and oxygen atoms in total. The maximum Gasteiger partial charge on any atom is 0.261 e. The van der Waals surface area contributed by atoms with Gasteiger partial charge < -0.3 is 10.6 Å². The van der Waals surface area contributed by atoms with E-state index in [9.17, 15) is 14.4 Å². The molecule has 26 heavy (non-hydrogen) atoms. The number of fused-ring (bicyclic) bond motifs is 1. The van der Waals surface area contributed by atoms with Gasteiger partial charge in [0, 0.05) is 18.7 Å². The lowest BCUT2D eigenvalue weighted by Gasteiger charge is -2.13. The molecule has 0 saturated heterocycles. The van der Waals surface area contributed by atoms with Gasteiger partial charge in [-0.05, 0) is 30.3 Å². The van der Waals surface area contributed by atoms with Crippen LogP contribution in [0.5, 0.6) is 0 Å². The van der Waals surface area contributed by atoms with E-state index in [1.165, 1.54) is 11.0 Å². The van der Waals surface area contributed by atoms with Gasteiger partial charge in [-0.25, -0.2) is 0 Å². The highest BCUT2D eigenvalue weighted by molar-refractivity contribution is 6.22. The highest BCUT2D eigenvalue weighted by Gasteiger charge is 2.35. The Kier molecular flexibility index (Phi) is 5.43. The minimum Gasteiger partial charge on any atom is -0.351 e. The average molecular weight is 351 g/mol. The lowest BCUT2D eigenvalue weighted by atomic mass is 10.1. The maximum absolute atomic E-state index is 12.6. The van der Waals surface area contributed by atoms with Crippen molar-refractivity contribution < 1.29 is 14.4 Å². The number of hydrogen-bond donors (Lipinski definition) is 2. The van der Waals surface area contributed by atoms with Gasteiger partial charge >= 0.3 is 0 Å². The van der Waals surface area contributed by atoms with Crippen LogP contribution in [0.4, 0.5) is 0 Å². The number of hydrogen-bond acceptors (Lipinski definition) is 4. The number of amides is 3. The molecule has 0 radical (unpaired) electrons. The number of imide groups is 1. The van der Waals surface area contributed by atoms with Crippen molar-refractivity contribution in [3.63, 3.8) is 0 Å². The van der Waals surface area contributed by atoms with Crippen molar-refractivity contribution in [3.8, 4) is 0 Å². The fraction of sp³-hybridized carbons (Fsp3) is 0.250. The molecule has 0 saturated carbocycles. The van der Waals surface area contributed by atoms with E-state index in [0.29, 0.717) is 24.2 Å². The molecule has 0 unspecified atom stereocenters. The highest BCUT2D eigenvalue weighted by Crippen LogP contribution is 2.25. The summed E-state index contributed by atoms with van der Waals surface area (Å²) in [4.78, 5) is 38.6. The summed E-state index contributed by atoms with van der Waals surface area (Å²) in [6, 6.07) is 14.0. The minimum atomic E-state index is -0.365. The van der Waals surface area contributed by atoms with Gasteiger partial charge in [0.15, 0.2) is 0 Å². The first-order valence-corrected chi connectivity index (χ1v) is 8.65. The third kappa shape index (κ3) is 3.65. The predicted octanol–water partition coefficient (Wildman–Crippen LogP) is 1.82. The van der Waals surface area contributed by atoms with E-state index in [1.807, 2.05) is 37.3 Å². The zero-order chi connectivity index (χ0) is 18.5. The van der Waals surface area contributed by atoms with E-state index in [0.717, 1.165) is 12.1 Å². The van der Waals surface area contributed by atoms with Gasteiger partial charge in [-0.2, -0.15) is 0 Å². The molecule has 0 fully saturated rings. The summed E-state index contributed by atoms with van der Waals surface area (Å²) in [6.07, 6.45) is 0. The van der Waals surface area contributed by atoms with Crippen molar-refractivity contribution in [2.24, 2.45) is 0 Å². The standard InChI is InChI=1S/C20H21N3O3/c1-2-21-10-11-22-18(24)15-8-9-16-17(12-15)20(26)23(19(16)25)13-14-6-4-3-5-7-14/h3-9,12,21H,2,10-11,13H2,1H3,(H,22,24). The smallest absolute Gasteiger partial charge is 0.261 e. The molecule has 6 heteroatoms. The van der Waals surface area contributed by atoms with Gasteiger partial charge in [0.25, 0.3) is 17.7 Å². The van der Waals surface area contributed by atoms with Crippen molar-refractivity contribution >= 4 is 17.7 Å². The summed E-state index contributed by atoms with van der Waals surface area (Å²) in [7, 11) is 0. The van der Waals surface area contributed by atoms with Gasteiger partial charge in [-0.3, -0.25) is 19.3 Å². The predicted molar refractivity (Wildman–Crippen MR) is 98.0 cm³/mol. The Morgan fingerprint density at radius 3 is 2.42 bits per heavy atom. The average Bonchev–Trinajstić information content (AvgIpc) is 2.90. The molecule has 2 N–H and O–H groups in total. The largest absolute Gasteiger partial charge is 0.351 e. The molecule has 0 bridgehead atoms. The van der Waals surface area contributed by atoms with Crippen LogP contribution in [0, 0.1) is 0 Å². The van der Waals surface area contributed by atoms with E-state index in [4.69, 9.17) is 0 Å². The van der Waals surface area contributed by atoms with E-state index in [1.54, 1.807) is 12.1 Å². The summed E-state index contributed by atoms with van der Waals surface area (Å²) in [5.74, 6) is -0.948. The monoisotopic (exact) mass is 351 g/mol. The zero-order valence-corrected chi connectivity index (χ0v) is 14.6. The quantitative estimate of drug-likeness (QED) is 0.589. The SMILES string of the molecule is CCNCCNC(=O)c1ccc2c(c1)C(=O)N(Cc1ccccc1)C2=O. The molecule has 0 atom stereocenters. The van der Waals surface area contributed by atoms with Crippen molar-refractivity contribution in [1.82, 2.24) is 15.5 Å². The fourth-order valence-electron chi connectivity index (χ4n) is 2.88. The first-order valence-electron chi connectivity index (χ1n) is 8.65. The van der Waals surface area contributed by atoms with Crippen LogP contribution in [0.15, 0.2) is 48.5 Å². The number of nitrogens with zero attached hydrogens (tertiary/aromatic N) is 1. The van der Waals surface area contributed by atoms with Crippen LogP contribution in [0.2, 0.25) is 0 Å². The molecular formula is C20H21N3O3. The van der Waals surface area contributed by atoms with E-state index < -0.39 is 0 Å². The number of carbonyl (C=O) groups excluding carboxylic acids is 3. The Morgan fingerprint density at radius 1 is 0.962 bits per heavy atom. The third-order valence-corrected chi connectivity index (χ3v) is 4.25. The molecule has 3 rings (SSSR count). The lowest BCUT2D eigenvalue weighted by Crippen LogP contribution is -2.31. The summed E-state index contributed by atoms with van der Waals surface area (Å²) in [6.45, 7) is 4.22. The molecule has 1 aliphatic heterocycles. The number of nitrogens with one attached hydrogen (secondary N) is 2. The highest BCUT2D eigenvalue weighted by atomic mass is 16.2. The van der Waals surface area contributed by atoms with Gasteiger partial charge in [-0.15, -0.1) is 0 Å². The Morgan fingerprint density at radius 2 is 1.69 bits per heavy atom. The Hall–Kier alpha value is -2.99. The number of carbonyl (C=O) groups is 3. The van der Waals surface area contributed by atoms with Crippen LogP contribution in [0.25, 0.3) is 0 Å².